The first-order chi connectivity index (χ1) is 10.6. The second kappa shape index (κ2) is 6.14. The van der Waals surface area contributed by atoms with Crippen LogP contribution in [0.25, 0.3) is 0 Å². The van der Waals surface area contributed by atoms with Crippen molar-refractivity contribution in [1.29, 1.82) is 0 Å². The molecule has 2 aromatic carbocycles. The lowest BCUT2D eigenvalue weighted by Gasteiger charge is -2.32. The van der Waals surface area contributed by atoms with Gasteiger partial charge in [-0.1, -0.05) is 45.0 Å². The van der Waals surface area contributed by atoms with Crippen molar-refractivity contribution < 1.29 is 23.0 Å². The standard InChI is InChI=1S/C18H19F3O2/c1-17(2,3)16(12-7-9-14(22)10-8-12)13-5-4-6-15(11-13)23-18(19,20)21/h4-11,16,22H,1-3H3. The van der Waals surface area contributed by atoms with Gasteiger partial charge in [0.1, 0.15) is 11.5 Å². The number of hydrogen-bond donors (Lipinski definition) is 1. The molecule has 2 rings (SSSR count). The molecule has 0 saturated carbocycles. The van der Waals surface area contributed by atoms with E-state index in [1.54, 1.807) is 36.4 Å². The summed E-state index contributed by atoms with van der Waals surface area (Å²) in [6.45, 7) is 6.05. The van der Waals surface area contributed by atoms with Crippen LogP contribution in [-0.2, 0) is 0 Å². The molecule has 1 atom stereocenters. The van der Waals surface area contributed by atoms with Gasteiger partial charge in [-0.15, -0.1) is 13.2 Å². The Balaban J connectivity index is 2.44. The van der Waals surface area contributed by atoms with Gasteiger partial charge in [-0.2, -0.15) is 0 Å². The van der Waals surface area contributed by atoms with Crippen molar-refractivity contribution in [1.82, 2.24) is 0 Å². The van der Waals surface area contributed by atoms with Gasteiger partial charge in [0, 0.05) is 5.92 Å². The number of ether oxygens (including phenoxy) is 1. The Bertz CT molecular complexity index is 655. The van der Waals surface area contributed by atoms with Gasteiger partial charge < -0.3 is 9.84 Å². The monoisotopic (exact) mass is 324 g/mol. The van der Waals surface area contributed by atoms with Crippen molar-refractivity contribution in [3.8, 4) is 11.5 Å². The van der Waals surface area contributed by atoms with Crippen LogP contribution in [0.5, 0.6) is 11.5 Å². The van der Waals surface area contributed by atoms with E-state index in [-0.39, 0.29) is 22.8 Å². The summed E-state index contributed by atoms with van der Waals surface area (Å²) < 4.78 is 41.3. The first-order valence-electron chi connectivity index (χ1n) is 7.21. The van der Waals surface area contributed by atoms with E-state index in [0.29, 0.717) is 0 Å². The quantitative estimate of drug-likeness (QED) is 0.811. The molecule has 1 unspecified atom stereocenters. The SMILES string of the molecule is CC(C)(C)C(c1ccc(O)cc1)c1cccc(OC(F)(F)F)c1. The Morgan fingerprint density at radius 3 is 2.04 bits per heavy atom. The van der Waals surface area contributed by atoms with E-state index >= 15 is 0 Å². The summed E-state index contributed by atoms with van der Waals surface area (Å²) in [5.41, 5.74) is 1.41. The zero-order valence-corrected chi connectivity index (χ0v) is 13.2. The normalized spacial score (nSPS) is 13.7. The van der Waals surface area contributed by atoms with E-state index in [2.05, 4.69) is 4.74 Å². The highest BCUT2D eigenvalue weighted by Crippen LogP contribution is 2.42. The average Bonchev–Trinajstić information content (AvgIpc) is 2.38. The molecule has 0 spiro atoms. The molecule has 0 heterocycles. The van der Waals surface area contributed by atoms with E-state index in [1.807, 2.05) is 20.8 Å². The Labute approximate surface area is 133 Å². The fourth-order valence-electron chi connectivity index (χ4n) is 2.75. The molecule has 0 aromatic heterocycles. The van der Waals surface area contributed by atoms with Crippen molar-refractivity contribution in [2.45, 2.75) is 33.1 Å². The third kappa shape index (κ3) is 4.65. The molecule has 0 fully saturated rings. The van der Waals surface area contributed by atoms with Crippen LogP contribution in [0.15, 0.2) is 48.5 Å². The molecule has 0 aliphatic heterocycles. The van der Waals surface area contributed by atoms with Crippen molar-refractivity contribution in [2.75, 3.05) is 0 Å². The zero-order valence-electron chi connectivity index (χ0n) is 13.2. The van der Waals surface area contributed by atoms with Crippen LogP contribution in [0.2, 0.25) is 0 Å². The van der Waals surface area contributed by atoms with Gasteiger partial charge in [-0.25, -0.2) is 0 Å². The summed E-state index contributed by atoms with van der Waals surface area (Å²) >= 11 is 0. The van der Waals surface area contributed by atoms with Crippen LogP contribution in [0.1, 0.15) is 37.8 Å². The summed E-state index contributed by atoms with van der Waals surface area (Å²) in [5.74, 6) is -0.224. The summed E-state index contributed by atoms with van der Waals surface area (Å²) in [5, 5.41) is 9.44. The number of phenols is 1. The minimum absolute atomic E-state index is 0.139. The second-order valence-corrected chi connectivity index (χ2v) is 6.51. The van der Waals surface area contributed by atoms with Crippen LogP contribution in [0.3, 0.4) is 0 Å². The highest BCUT2D eigenvalue weighted by molar-refractivity contribution is 5.40. The number of phenolic OH excluding ortho intramolecular Hbond substituents is 1. The molecule has 23 heavy (non-hydrogen) atoms. The average molecular weight is 324 g/mol. The molecular weight excluding hydrogens is 305 g/mol. The Morgan fingerprint density at radius 1 is 0.913 bits per heavy atom. The predicted octanol–water partition coefficient (Wildman–Crippen LogP) is 5.47. The minimum atomic E-state index is -4.71. The minimum Gasteiger partial charge on any atom is -0.508 e. The lowest BCUT2D eigenvalue weighted by Crippen LogP contribution is -2.20. The van der Waals surface area contributed by atoms with Gasteiger partial charge >= 0.3 is 6.36 Å². The summed E-state index contributed by atoms with van der Waals surface area (Å²) in [6, 6.07) is 12.7. The van der Waals surface area contributed by atoms with Crippen LogP contribution in [0, 0.1) is 5.41 Å². The van der Waals surface area contributed by atoms with E-state index in [9.17, 15) is 18.3 Å². The molecule has 5 heteroatoms. The first kappa shape index (κ1) is 17.2. The first-order valence-corrected chi connectivity index (χ1v) is 7.21. The maximum Gasteiger partial charge on any atom is 0.573 e. The van der Waals surface area contributed by atoms with Gasteiger partial charge in [-0.05, 0) is 40.8 Å². The number of halogens is 3. The molecule has 2 nitrogen and oxygen atoms in total. The van der Waals surface area contributed by atoms with Gasteiger partial charge in [0.25, 0.3) is 0 Å². The molecule has 124 valence electrons. The third-order valence-electron chi connectivity index (χ3n) is 3.52. The maximum atomic E-state index is 12.4. The van der Waals surface area contributed by atoms with Crippen LogP contribution < -0.4 is 4.74 Å². The van der Waals surface area contributed by atoms with Crippen molar-refractivity contribution in [2.24, 2.45) is 5.41 Å². The second-order valence-electron chi connectivity index (χ2n) is 6.51. The predicted molar refractivity (Wildman–Crippen MR) is 82.5 cm³/mol. The maximum absolute atomic E-state index is 12.4. The zero-order chi connectivity index (χ0) is 17.3. The Morgan fingerprint density at radius 2 is 1.52 bits per heavy atom. The molecule has 0 saturated heterocycles. The number of benzene rings is 2. The van der Waals surface area contributed by atoms with Gasteiger partial charge in [-0.3, -0.25) is 0 Å². The smallest absolute Gasteiger partial charge is 0.508 e. The Hall–Kier alpha value is -2.17. The number of aromatic hydroxyl groups is 1. The van der Waals surface area contributed by atoms with E-state index < -0.39 is 6.36 Å². The van der Waals surface area contributed by atoms with Crippen LogP contribution >= 0.6 is 0 Å². The summed E-state index contributed by atoms with van der Waals surface area (Å²) in [7, 11) is 0. The highest BCUT2D eigenvalue weighted by atomic mass is 19.4. The lowest BCUT2D eigenvalue weighted by molar-refractivity contribution is -0.274. The largest absolute Gasteiger partial charge is 0.573 e. The summed E-state index contributed by atoms with van der Waals surface area (Å²) in [6.07, 6.45) is -4.71. The van der Waals surface area contributed by atoms with Gasteiger partial charge in [0.15, 0.2) is 0 Å². The Kier molecular flexibility index (Phi) is 4.59. The van der Waals surface area contributed by atoms with Gasteiger partial charge in [0.05, 0.1) is 0 Å². The fourth-order valence-corrected chi connectivity index (χ4v) is 2.75. The third-order valence-corrected chi connectivity index (χ3v) is 3.52. The molecule has 0 amide bonds. The lowest BCUT2D eigenvalue weighted by atomic mass is 9.72. The molecule has 2 aromatic rings. The van der Waals surface area contributed by atoms with Gasteiger partial charge in [0.2, 0.25) is 0 Å². The fraction of sp³-hybridized carbons (Fsp3) is 0.333. The highest BCUT2D eigenvalue weighted by Gasteiger charge is 2.32. The molecule has 0 bridgehead atoms. The molecule has 1 N–H and O–H groups in total. The van der Waals surface area contributed by atoms with Crippen LogP contribution in [0.4, 0.5) is 13.2 Å². The van der Waals surface area contributed by atoms with E-state index in [1.165, 1.54) is 12.1 Å². The van der Waals surface area contributed by atoms with E-state index in [0.717, 1.165) is 11.1 Å². The van der Waals surface area contributed by atoms with Crippen molar-refractivity contribution in [3.63, 3.8) is 0 Å². The van der Waals surface area contributed by atoms with Crippen molar-refractivity contribution >= 4 is 0 Å². The number of hydrogen-bond acceptors (Lipinski definition) is 2. The van der Waals surface area contributed by atoms with Crippen molar-refractivity contribution in [3.05, 3.63) is 59.7 Å². The number of rotatable bonds is 3. The molecular formula is C18H19F3O2. The molecule has 0 radical (unpaired) electrons. The van der Waals surface area contributed by atoms with Crippen LogP contribution in [-0.4, -0.2) is 11.5 Å². The van der Waals surface area contributed by atoms with E-state index in [4.69, 9.17) is 0 Å². The number of alkyl halides is 3. The summed E-state index contributed by atoms with van der Waals surface area (Å²) in [4.78, 5) is 0. The topological polar surface area (TPSA) is 29.5 Å². The molecule has 0 aliphatic carbocycles. The molecule has 0 aliphatic rings.